The Kier molecular flexibility index (Phi) is 5.76. The Hall–Kier alpha value is -2.29. The molecule has 1 N–H and O–H groups in total. The van der Waals surface area contributed by atoms with Gasteiger partial charge >= 0.3 is 0 Å². The summed E-state index contributed by atoms with van der Waals surface area (Å²) in [7, 11) is 0. The summed E-state index contributed by atoms with van der Waals surface area (Å²) in [5.74, 6) is 0.963. The van der Waals surface area contributed by atoms with Gasteiger partial charge in [0.2, 0.25) is 0 Å². The fourth-order valence-corrected chi connectivity index (χ4v) is 4.30. The second kappa shape index (κ2) is 8.60. The molecule has 3 heteroatoms. The monoisotopic (exact) mass is 363 g/mol. The van der Waals surface area contributed by atoms with Gasteiger partial charge in [0.25, 0.3) is 5.91 Å². The number of aryl methyl sites for hydroxylation is 2. The van der Waals surface area contributed by atoms with Crippen molar-refractivity contribution in [1.82, 2.24) is 5.32 Å². The van der Waals surface area contributed by atoms with Crippen molar-refractivity contribution in [1.29, 1.82) is 0 Å². The minimum absolute atomic E-state index is 0.0429. The first-order valence-corrected chi connectivity index (χ1v) is 10.4. The van der Waals surface area contributed by atoms with Crippen LogP contribution in [0, 0.1) is 0 Å². The SMILES string of the molecule is O=C(NC1CCCCCC1)c1cccc(COc2ccc3c(c2)CCC3)c1. The van der Waals surface area contributed by atoms with Gasteiger partial charge in [-0.3, -0.25) is 4.79 Å². The maximum Gasteiger partial charge on any atom is 0.251 e. The zero-order chi connectivity index (χ0) is 18.5. The number of hydrogen-bond donors (Lipinski definition) is 1. The molecule has 0 spiro atoms. The first kappa shape index (κ1) is 18.1. The van der Waals surface area contributed by atoms with E-state index in [9.17, 15) is 4.79 Å². The summed E-state index contributed by atoms with van der Waals surface area (Å²) in [5.41, 5.74) is 4.64. The number of ether oxygens (including phenoxy) is 1. The molecule has 1 amide bonds. The molecule has 27 heavy (non-hydrogen) atoms. The van der Waals surface area contributed by atoms with Crippen LogP contribution in [0.4, 0.5) is 0 Å². The Morgan fingerprint density at radius 1 is 0.926 bits per heavy atom. The highest BCUT2D eigenvalue weighted by atomic mass is 16.5. The molecular formula is C24H29NO2. The van der Waals surface area contributed by atoms with Gasteiger partial charge in [-0.05, 0) is 73.1 Å². The van der Waals surface area contributed by atoms with Gasteiger partial charge in [-0.25, -0.2) is 0 Å². The lowest BCUT2D eigenvalue weighted by Crippen LogP contribution is -2.34. The molecule has 4 rings (SSSR count). The van der Waals surface area contributed by atoms with Gasteiger partial charge in [-0.15, -0.1) is 0 Å². The molecule has 142 valence electrons. The molecule has 1 fully saturated rings. The van der Waals surface area contributed by atoms with Crippen LogP contribution in [0.3, 0.4) is 0 Å². The first-order valence-electron chi connectivity index (χ1n) is 10.4. The average molecular weight is 364 g/mol. The number of benzene rings is 2. The standard InChI is InChI=1S/C24H29NO2/c26-24(25-22-11-3-1-2-4-12-22)21-10-5-7-18(15-21)17-27-23-14-13-19-8-6-9-20(19)16-23/h5,7,10,13-16,22H,1-4,6,8-9,11-12,17H2,(H,25,26). The quantitative estimate of drug-likeness (QED) is 0.741. The van der Waals surface area contributed by atoms with Crippen LogP contribution in [-0.4, -0.2) is 11.9 Å². The van der Waals surface area contributed by atoms with E-state index < -0.39 is 0 Å². The van der Waals surface area contributed by atoms with Crippen molar-refractivity contribution in [2.45, 2.75) is 70.4 Å². The second-order valence-electron chi connectivity index (χ2n) is 7.94. The lowest BCUT2D eigenvalue weighted by atomic mass is 10.1. The summed E-state index contributed by atoms with van der Waals surface area (Å²) in [6.07, 6.45) is 10.8. The molecule has 0 aliphatic heterocycles. The van der Waals surface area contributed by atoms with Gasteiger partial charge in [0.05, 0.1) is 0 Å². The third kappa shape index (κ3) is 4.71. The van der Waals surface area contributed by atoms with E-state index in [0.29, 0.717) is 12.6 Å². The summed E-state index contributed by atoms with van der Waals surface area (Å²) in [5, 5.41) is 3.22. The van der Waals surface area contributed by atoms with Crippen LogP contribution in [0.15, 0.2) is 42.5 Å². The van der Waals surface area contributed by atoms with Gasteiger partial charge in [0, 0.05) is 11.6 Å². The number of carbonyl (C=O) groups excluding carboxylic acids is 1. The fourth-order valence-electron chi connectivity index (χ4n) is 4.30. The smallest absolute Gasteiger partial charge is 0.251 e. The lowest BCUT2D eigenvalue weighted by Gasteiger charge is -2.16. The first-order chi connectivity index (χ1) is 13.3. The summed E-state index contributed by atoms with van der Waals surface area (Å²) in [6, 6.07) is 14.6. The molecule has 2 aromatic rings. The van der Waals surface area contributed by atoms with Crippen LogP contribution in [0.25, 0.3) is 0 Å². The molecule has 2 aromatic carbocycles. The highest BCUT2D eigenvalue weighted by Crippen LogP contribution is 2.26. The van der Waals surface area contributed by atoms with Crippen molar-refractivity contribution in [2.24, 2.45) is 0 Å². The van der Waals surface area contributed by atoms with Crippen LogP contribution in [0.1, 0.15) is 72.0 Å². The molecule has 2 aliphatic carbocycles. The van der Waals surface area contributed by atoms with Crippen molar-refractivity contribution in [3.8, 4) is 5.75 Å². The zero-order valence-corrected chi connectivity index (χ0v) is 16.0. The lowest BCUT2D eigenvalue weighted by molar-refractivity contribution is 0.0933. The molecule has 0 unspecified atom stereocenters. The highest BCUT2D eigenvalue weighted by Gasteiger charge is 2.16. The summed E-state index contributed by atoms with van der Waals surface area (Å²) >= 11 is 0. The number of fused-ring (bicyclic) bond motifs is 1. The molecule has 0 saturated heterocycles. The maximum absolute atomic E-state index is 12.6. The minimum Gasteiger partial charge on any atom is -0.489 e. The Bertz CT molecular complexity index is 791. The van der Waals surface area contributed by atoms with E-state index in [0.717, 1.165) is 36.1 Å². The zero-order valence-electron chi connectivity index (χ0n) is 16.0. The van der Waals surface area contributed by atoms with E-state index in [4.69, 9.17) is 4.74 Å². The van der Waals surface area contributed by atoms with Gasteiger partial charge in [0.15, 0.2) is 0 Å². The van der Waals surface area contributed by atoms with Crippen molar-refractivity contribution >= 4 is 5.91 Å². The maximum atomic E-state index is 12.6. The van der Waals surface area contributed by atoms with E-state index in [-0.39, 0.29) is 5.91 Å². The molecule has 0 aromatic heterocycles. The van der Waals surface area contributed by atoms with E-state index in [1.54, 1.807) is 0 Å². The summed E-state index contributed by atoms with van der Waals surface area (Å²) in [6.45, 7) is 0.489. The van der Waals surface area contributed by atoms with Crippen LogP contribution < -0.4 is 10.1 Å². The van der Waals surface area contributed by atoms with Crippen LogP contribution in [0.2, 0.25) is 0 Å². The Morgan fingerprint density at radius 3 is 2.59 bits per heavy atom. The van der Waals surface area contributed by atoms with Gasteiger partial charge in [-0.1, -0.05) is 43.9 Å². The molecule has 0 atom stereocenters. The molecular weight excluding hydrogens is 334 g/mol. The van der Waals surface area contributed by atoms with E-state index in [1.165, 1.54) is 49.7 Å². The third-order valence-corrected chi connectivity index (χ3v) is 5.86. The second-order valence-corrected chi connectivity index (χ2v) is 7.94. The van der Waals surface area contributed by atoms with Crippen molar-refractivity contribution in [3.05, 3.63) is 64.7 Å². The van der Waals surface area contributed by atoms with Crippen LogP contribution in [-0.2, 0) is 19.4 Å². The number of hydrogen-bond acceptors (Lipinski definition) is 2. The normalized spacial score (nSPS) is 17.2. The van der Waals surface area contributed by atoms with E-state index in [1.807, 2.05) is 24.3 Å². The average Bonchev–Trinajstić information content (AvgIpc) is 3.02. The molecule has 0 bridgehead atoms. The summed E-state index contributed by atoms with van der Waals surface area (Å²) < 4.78 is 5.99. The molecule has 0 heterocycles. The third-order valence-electron chi connectivity index (χ3n) is 5.86. The molecule has 0 radical (unpaired) electrons. The Morgan fingerprint density at radius 2 is 1.74 bits per heavy atom. The van der Waals surface area contributed by atoms with Gasteiger partial charge < -0.3 is 10.1 Å². The molecule has 2 aliphatic rings. The predicted molar refractivity (Wildman–Crippen MR) is 108 cm³/mol. The van der Waals surface area contributed by atoms with Gasteiger partial charge in [0.1, 0.15) is 12.4 Å². The fraction of sp³-hybridized carbons (Fsp3) is 0.458. The minimum atomic E-state index is 0.0429. The number of rotatable bonds is 5. The van der Waals surface area contributed by atoms with Crippen molar-refractivity contribution in [2.75, 3.05) is 0 Å². The van der Waals surface area contributed by atoms with Crippen LogP contribution in [0.5, 0.6) is 5.75 Å². The van der Waals surface area contributed by atoms with Gasteiger partial charge in [-0.2, -0.15) is 0 Å². The number of carbonyl (C=O) groups is 1. The topological polar surface area (TPSA) is 38.3 Å². The predicted octanol–water partition coefficient (Wildman–Crippen LogP) is 5.21. The van der Waals surface area contributed by atoms with E-state index in [2.05, 4.69) is 23.5 Å². The van der Waals surface area contributed by atoms with Crippen molar-refractivity contribution in [3.63, 3.8) is 0 Å². The molecule has 1 saturated carbocycles. The Labute approximate surface area is 162 Å². The number of nitrogens with one attached hydrogen (secondary N) is 1. The Balaban J connectivity index is 1.36. The number of amides is 1. The largest absolute Gasteiger partial charge is 0.489 e. The van der Waals surface area contributed by atoms with Crippen LogP contribution >= 0.6 is 0 Å². The molecule has 3 nitrogen and oxygen atoms in total. The van der Waals surface area contributed by atoms with E-state index >= 15 is 0 Å². The highest BCUT2D eigenvalue weighted by molar-refractivity contribution is 5.94. The van der Waals surface area contributed by atoms with Crippen molar-refractivity contribution < 1.29 is 9.53 Å². The summed E-state index contributed by atoms with van der Waals surface area (Å²) in [4.78, 5) is 12.6.